The van der Waals surface area contributed by atoms with E-state index in [1.54, 1.807) is 13.8 Å². The molecule has 5 rings (SSSR count). The van der Waals surface area contributed by atoms with Crippen LogP contribution in [0.25, 0.3) is 54.6 Å². The van der Waals surface area contributed by atoms with Gasteiger partial charge >= 0.3 is 48.6 Å². The number of rotatable bonds is 14. The van der Waals surface area contributed by atoms with E-state index in [0.717, 1.165) is 12.2 Å². The van der Waals surface area contributed by atoms with Crippen molar-refractivity contribution in [3.8, 4) is 0 Å². The Labute approximate surface area is 409 Å². The van der Waals surface area contributed by atoms with Gasteiger partial charge in [0.25, 0.3) is 0 Å². The normalized spacial score (nSPS) is 11.4. The number of hydrogen-bond donors (Lipinski definition) is 1. The Morgan fingerprint density at radius 2 is 0.987 bits per heavy atom. The van der Waals surface area contributed by atoms with Crippen molar-refractivity contribution < 1.29 is 113 Å². The van der Waals surface area contributed by atoms with Crippen molar-refractivity contribution in [2.24, 2.45) is 15.3 Å². The number of ether oxygens (including phenoxy) is 4. The number of carbonyl (C=O) groups excluding carboxylic acids is 5. The zero-order valence-corrected chi connectivity index (χ0v) is 38.3. The van der Waals surface area contributed by atoms with Crippen molar-refractivity contribution in [3.63, 3.8) is 0 Å². The fourth-order valence-electron chi connectivity index (χ4n) is 4.48. The Hall–Kier alpha value is -9.22. The lowest BCUT2D eigenvalue weighted by atomic mass is 10.3. The number of alkyl halides is 12. The summed E-state index contributed by atoms with van der Waals surface area (Å²) in [6.07, 6.45) is -14.0. The van der Waals surface area contributed by atoms with E-state index in [4.69, 9.17) is 21.0 Å². The number of aromatic nitrogens is 1. The van der Waals surface area contributed by atoms with Gasteiger partial charge < -0.3 is 41.6 Å². The quantitative estimate of drug-likeness (QED) is 0.0158. The summed E-state index contributed by atoms with van der Waals surface area (Å²) in [6, 6.07) is 3.17. The minimum absolute atomic E-state index is 0.0274. The van der Waals surface area contributed by atoms with E-state index < -0.39 is 82.2 Å². The molecule has 35 heteroatoms. The van der Waals surface area contributed by atoms with Crippen molar-refractivity contribution in [1.29, 1.82) is 0 Å². The van der Waals surface area contributed by atoms with E-state index in [1.807, 2.05) is 0 Å². The second-order valence-corrected chi connectivity index (χ2v) is 12.7. The number of halogens is 12. The number of hydrogen-bond acceptors (Lipinski definition) is 16. The third-order valence-corrected chi connectivity index (χ3v) is 7.51. The fourth-order valence-corrected chi connectivity index (χ4v) is 4.48. The Morgan fingerprint density at radius 3 is 1.32 bits per heavy atom. The van der Waals surface area contributed by atoms with Crippen molar-refractivity contribution in [2.75, 3.05) is 33.0 Å². The highest BCUT2D eigenvalue weighted by atomic mass is 19.4. The van der Waals surface area contributed by atoms with Crippen LogP contribution in [0.3, 0.4) is 0 Å². The molecule has 23 nitrogen and oxygen atoms in total. The first-order chi connectivity index (χ1) is 35.0. The number of nitrogens with one attached hydrogen (secondary N) is 1. The molecule has 0 aliphatic carbocycles. The van der Waals surface area contributed by atoms with Crippen molar-refractivity contribution >= 4 is 53.4 Å². The van der Waals surface area contributed by atoms with Crippen LogP contribution in [-0.4, -0.2) is 68.1 Å². The van der Waals surface area contributed by atoms with E-state index in [9.17, 15) is 76.7 Å². The van der Waals surface area contributed by atoms with Gasteiger partial charge in [-0.1, -0.05) is 15.3 Å². The molecule has 0 spiro atoms. The van der Waals surface area contributed by atoms with Gasteiger partial charge in [0.05, 0.1) is 48.6 Å². The van der Waals surface area contributed by atoms with Crippen LogP contribution < -0.4 is 0 Å². The van der Waals surface area contributed by atoms with E-state index in [-0.39, 0.29) is 66.7 Å². The summed E-state index contributed by atoms with van der Waals surface area (Å²) in [7, 11) is 0. The number of esters is 4. The van der Waals surface area contributed by atoms with Gasteiger partial charge in [0, 0.05) is 20.8 Å². The standard InChI is InChI=1S/2C10H8F3N3O3.C10H8F3NO3.C6H3F3O2.C4H7N3O2/c2*1-2-18-9(17)8(15-16-14)4-7-3-6(5-19-7)10(11,12)13;1-2-16-9(15)6-3-7-8(14-6)5(4-17-7)10(11,12)13;7-6(8,9)4-1-5(2-10)11-3-4;1-2-9-4(8)3-6-7-5/h2*3-5H,2H2,1H3;3-4,14H,2H2,1H3;1-3H;2-3H2,1H3/b2*8-4-;;;. The summed E-state index contributed by atoms with van der Waals surface area (Å²) in [5.74, 6) is -3.99. The Bertz CT molecular complexity index is 2810. The first-order valence-corrected chi connectivity index (χ1v) is 19.9. The summed E-state index contributed by atoms with van der Waals surface area (Å²) in [5.41, 5.74) is 19.0. The van der Waals surface area contributed by atoms with E-state index in [0.29, 0.717) is 49.9 Å². The molecule has 5 aromatic rings. The molecule has 0 aromatic carbocycles. The fraction of sp³-hybridized carbons (Fsp3) is 0.325. The number of aldehydes is 1. The van der Waals surface area contributed by atoms with Gasteiger partial charge in [-0.05, 0) is 74.6 Å². The lowest BCUT2D eigenvalue weighted by Gasteiger charge is -2.01. The van der Waals surface area contributed by atoms with Crippen LogP contribution in [0, 0.1) is 0 Å². The van der Waals surface area contributed by atoms with Crippen LogP contribution in [0.2, 0.25) is 0 Å². The largest absolute Gasteiger partial charge is 0.466 e. The molecule has 75 heavy (non-hydrogen) atoms. The van der Waals surface area contributed by atoms with Crippen LogP contribution in [0.1, 0.15) is 82.5 Å². The number of H-pyrrole nitrogens is 1. The number of azide groups is 3. The lowest BCUT2D eigenvalue weighted by molar-refractivity contribution is -0.141. The summed E-state index contributed by atoms with van der Waals surface area (Å²) >= 11 is 0. The highest BCUT2D eigenvalue weighted by Crippen LogP contribution is 2.36. The zero-order valence-electron chi connectivity index (χ0n) is 38.3. The first-order valence-electron chi connectivity index (χ1n) is 19.9. The molecule has 0 bridgehead atoms. The molecule has 0 radical (unpaired) electrons. The maximum Gasteiger partial charge on any atom is 0.421 e. The zero-order chi connectivity index (χ0) is 57.2. The predicted octanol–water partition coefficient (Wildman–Crippen LogP) is 13.0. The summed E-state index contributed by atoms with van der Waals surface area (Å²) < 4.78 is 183. The summed E-state index contributed by atoms with van der Waals surface area (Å²) in [4.78, 5) is 63.6. The number of aromatic amines is 1. The average molecular weight is 1090 g/mol. The van der Waals surface area contributed by atoms with Crippen LogP contribution in [0.15, 0.2) is 93.7 Å². The van der Waals surface area contributed by atoms with Crippen molar-refractivity contribution in [3.05, 3.63) is 137 Å². The minimum Gasteiger partial charge on any atom is -0.466 e. The molecule has 0 aliphatic rings. The van der Waals surface area contributed by atoms with Gasteiger partial charge in [0.1, 0.15) is 65.8 Å². The molecule has 0 fully saturated rings. The minimum atomic E-state index is -4.56. The summed E-state index contributed by atoms with van der Waals surface area (Å²) in [5, 5.41) is 9.07. The Kier molecular flexibility index (Phi) is 25.5. The molecule has 5 heterocycles. The van der Waals surface area contributed by atoms with Gasteiger partial charge in [0.2, 0.25) is 0 Å². The van der Waals surface area contributed by atoms with E-state index >= 15 is 0 Å². The maximum atomic E-state index is 12.5. The van der Waals surface area contributed by atoms with E-state index in [1.165, 1.54) is 19.9 Å². The van der Waals surface area contributed by atoms with Gasteiger partial charge in [-0.25, -0.2) is 14.4 Å². The second kappa shape index (κ2) is 30.0. The molecular weight excluding hydrogens is 1060 g/mol. The maximum absolute atomic E-state index is 12.5. The smallest absolute Gasteiger partial charge is 0.421 e. The van der Waals surface area contributed by atoms with Crippen LogP contribution in [0.4, 0.5) is 52.7 Å². The van der Waals surface area contributed by atoms with Crippen LogP contribution in [-0.2, 0) is 58.0 Å². The monoisotopic (exact) mass is 1090 g/mol. The third kappa shape index (κ3) is 22.4. The highest BCUT2D eigenvalue weighted by Gasteiger charge is 2.37. The molecule has 0 atom stereocenters. The predicted molar refractivity (Wildman–Crippen MR) is 226 cm³/mol. The second-order valence-electron chi connectivity index (χ2n) is 12.7. The van der Waals surface area contributed by atoms with Gasteiger partial charge in [-0.3, -0.25) is 9.59 Å². The van der Waals surface area contributed by atoms with Crippen LogP contribution in [0.5, 0.6) is 0 Å². The molecule has 0 saturated heterocycles. The average Bonchev–Trinajstić information content (AvgIpc) is 4.18. The van der Waals surface area contributed by atoms with Crippen molar-refractivity contribution in [2.45, 2.75) is 52.4 Å². The van der Waals surface area contributed by atoms with Gasteiger partial charge in [-0.15, -0.1) is 0 Å². The Morgan fingerprint density at radius 1 is 0.573 bits per heavy atom. The summed E-state index contributed by atoms with van der Waals surface area (Å²) in [6.45, 7) is 6.65. The molecule has 406 valence electrons. The number of fused-ring (bicyclic) bond motifs is 1. The first kappa shape index (κ1) is 63.8. The number of furan rings is 4. The molecule has 1 N–H and O–H groups in total. The SMILES string of the molecule is CCOC(=O)/C(=C/c1cc(C(F)(F)F)co1)N=[N+]=[N-].CCOC(=O)/C(=C/c1cc(C(F)(F)F)co1)N=[N+]=[N-].CCOC(=O)CN=[N+]=[N-].CCOC(=O)c1cc2occ(C(F)(F)F)c2[nH]1.O=Cc1cc(C(F)(F)F)co1. The number of nitrogens with zero attached hydrogens (tertiary/aromatic N) is 9. The Balaban J connectivity index is 0.000000481. The number of carbonyl (C=O) groups is 5. The van der Waals surface area contributed by atoms with Crippen LogP contribution >= 0.6 is 0 Å². The molecular formula is C40H34F12N10O13. The molecule has 0 saturated carbocycles. The highest BCUT2D eigenvalue weighted by molar-refractivity contribution is 5.94. The topological polar surface area (TPSA) is 337 Å². The van der Waals surface area contributed by atoms with Gasteiger partial charge in [-0.2, -0.15) is 52.7 Å². The van der Waals surface area contributed by atoms with Gasteiger partial charge in [0.15, 0.2) is 17.6 Å². The molecule has 0 unspecified atom stereocenters. The molecule has 5 aromatic heterocycles. The van der Waals surface area contributed by atoms with Crippen molar-refractivity contribution in [1.82, 2.24) is 4.98 Å². The molecule has 0 aliphatic heterocycles. The third-order valence-electron chi connectivity index (χ3n) is 7.51. The lowest BCUT2D eigenvalue weighted by Crippen LogP contribution is -2.06. The molecule has 0 amide bonds. The van der Waals surface area contributed by atoms with E-state index in [2.05, 4.69) is 67.3 Å².